The van der Waals surface area contributed by atoms with Crippen LogP contribution >= 0.6 is 0 Å². The molecule has 1 atom stereocenters. The molecule has 1 unspecified atom stereocenters. The first-order valence-electron chi connectivity index (χ1n) is 6.60. The monoisotopic (exact) mass is 293 g/mol. The molecule has 0 aliphatic carbocycles. The molecule has 5 nitrogen and oxygen atoms in total. The van der Waals surface area contributed by atoms with E-state index in [9.17, 15) is 8.42 Å². The summed E-state index contributed by atoms with van der Waals surface area (Å²) in [5.41, 5.74) is 1.08. The Labute approximate surface area is 119 Å². The fourth-order valence-corrected chi connectivity index (χ4v) is 3.04. The number of sulfonamides is 1. The van der Waals surface area contributed by atoms with Crippen molar-refractivity contribution >= 4 is 10.0 Å². The zero-order valence-corrected chi connectivity index (χ0v) is 12.5. The van der Waals surface area contributed by atoms with E-state index in [2.05, 4.69) is 9.82 Å². The zero-order valence-electron chi connectivity index (χ0n) is 11.7. The van der Waals surface area contributed by atoms with Gasteiger partial charge in [0.1, 0.15) is 4.90 Å². The van der Waals surface area contributed by atoms with Gasteiger partial charge in [-0.3, -0.25) is 4.68 Å². The average molecular weight is 293 g/mol. The molecule has 1 aromatic carbocycles. The lowest BCUT2D eigenvalue weighted by Gasteiger charge is -2.10. The van der Waals surface area contributed by atoms with Gasteiger partial charge in [0.05, 0.1) is 12.7 Å². The van der Waals surface area contributed by atoms with Gasteiger partial charge in [0, 0.05) is 12.2 Å². The van der Waals surface area contributed by atoms with Crippen LogP contribution in [0.2, 0.25) is 0 Å². The summed E-state index contributed by atoms with van der Waals surface area (Å²) in [6.45, 7) is 4.33. The molecule has 20 heavy (non-hydrogen) atoms. The predicted molar refractivity (Wildman–Crippen MR) is 77.8 cm³/mol. The molecule has 1 N–H and O–H groups in total. The van der Waals surface area contributed by atoms with Crippen LogP contribution in [0.3, 0.4) is 0 Å². The van der Waals surface area contributed by atoms with Gasteiger partial charge < -0.3 is 0 Å². The van der Waals surface area contributed by atoms with Crippen LogP contribution in [-0.2, 0) is 16.6 Å². The van der Waals surface area contributed by atoms with E-state index < -0.39 is 10.0 Å². The standard InChI is InChI=1S/C14H19N3O2S/c1-3-12(2)16-20(18,19)14-9-15-17(11-14)10-13-7-5-4-6-8-13/h4-9,11-12,16H,3,10H2,1-2H3. The van der Waals surface area contributed by atoms with Crippen LogP contribution in [-0.4, -0.2) is 24.2 Å². The quantitative estimate of drug-likeness (QED) is 0.886. The molecule has 2 aromatic rings. The Bertz CT molecular complexity index is 650. The van der Waals surface area contributed by atoms with E-state index >= 15 is 0 Å². The van der Waals surface area contributed by atoms with Crippen LogP contribution in [0, 0.1) is 0 Å². The molecule has 2 rings (SSSR count). The third kappa shape index (κ3) is 3.68. The molecule has 0 saturated heterocycles. The normalized spacial score (nSPS) is 13.3. The van der Waals surface area contributed by atoms with Gasteiger partial charge in [0.2, 0.25) is 10.0 Å². The SMILES string of the molecule is CCC(C)NS(=O)(=O)c1cnn(Cc2ccccc2)c1. The maximum absolute atomic E-state index is 12.1. The summed E-state index contributed by atoms with van der Waals surface area (Å²) >= 11 is 0. The summed E-state index contributed by atoms with van der Waals surface area (Å²) in [5, 5.41) is 4.11. The van der Waals surface area contributed by atoms with Crippen molar-refractivity contribution in [3.8, 4) is 0 Å². The number of nitrogens with zero attached hydrogens (tertiary/aromatic N) is 2. The molecule has 0 aliphatic rings. The molecular formula is C14H19N3O2S. The number of hydrogen-bond acceptors (Lipinski definition) is 3. The second kappa shape index (κ2) is 6.19. The van der Waals surface area contributed by atoms with Gasteiger partial charge in [-0.15, -0.1) is 0 Å². The van der Waals surface area contributed by atoms with Crippen molar-refractivity contribution in [3.63, 3.8) is 0 Å². The molecule has 0 bridgehead atoms. The van der Waals surface area contributed by atoms with E-state index in [1.165, 1.54) is 6.20 Å². The maximum atomic E-state index is 12.1. The van der Waals surface area contributed by atoms with Crippen molar-refractivity contribution in [1.29, 1.82) is 0 Å². The molecule has 0 amide bonds. The smallest absolute Gasteiger partial charge is 0.243 e. The Morgan fingerprint density at radius 1 is 1.30 bits per heavy atom. The molecule has 6 heteroatoms. The number of aromatic nitrogens is 2. The van der Waals surface area contributed by atoms with Crippen molar-refractivity contribution in [2.75, 3.05) is 0 Å². The number of rotatable bonds is 6. The largest absolute Gasteiger partial charge is 0.267 e. The predicted octanol–water partition coefficient (Wildman–Crippen LogP) is 2.01. The summed E-state index contributed by atoms with van der Waals surface area (Å²) in [7, 11) is -3.48. The number of benzene rings is 1. The Balaban J connectivity index is 2.13. The Kier molecular flexibility index (Phi) is 4.57. The molecule has 0 radical (unpaired) electrons. The molecule has 0 spiro atoms. The summed E-state index contributed by atoms with van der Waals surface area (Å²) in [6.07, 6.45) is 3.68. The van der Waals surface area contributed by atoms with Gasteiger partial charge in [-0.2, -0.15) is 5.10 Å². The summed E-state index contributed by atoms with van der Waals surface area (Å²) in [4.78, 5) is 0.203. The highest BCUT2D eigenvalue weighted by molar-refractivity contribution is 7.89. The van der Waals surface area contributed by atoms with Crippen molar-refractivity contribution in [3.05, 3.63) is 48.3 Å². The summed E-state index contributed by atoms with van der Waals surface area (Å²) in [5.74, 6) is 0. The molecular weight excluding hydrogens is 274 g/mol. The minimum atomic E-state index is -3.48. The minimum Gasteiger partial charge on any atom is -0.267 e. The second-order valence-corrected chi connectivity index (χ2v) is 6.50. The third-order valence-electron chi connectivity index (χ3n) is 3.08. The van der Waals surface area contributed by atoms with Crippen molar-refractivity contribution < 1.29 is 8.42 Å². The lowest BCUT2D eigenvalue weighted by molar-refractivity contribution is 0.555. The molecule has 108 valence electrons. The van der Waals surface area contributed by atoms with Crippen LogP contribution < -0.4 is 4.72 Å². The second-order valence-electron chi connectivity index (χ2n) is 4.79. The van der Waals surface area contributed by atoms with Crippen molar-refractivity contribution in [2.24, 2.45) is 0 Å². The highest BCUT2D eigenvalue weighted by Crippen LogP contribution is 2.10. The maximum Gasteiger partial charge on any atom is 0.243 e. The van der Waals surface area contributed by atoms with Gasteiger partial charge in [-0.1, -0.05) is 37.3 Å². The molecule has 0 fully saturated rings. The van der Waals surface area contributed by atoms with Gasteiger partial charge in [-0.25, -0.2) is 13.1 Å². The van der Waals surface area contributed by atoms with E-state index in [4.69, 9.17) is 0 Å². The van der Waals surface area contributed by atoms with E-state index in [1.54, 1.807) is 10.9 Å². The molecule has 0 saturated carbocycles. The first-order valence-corrected chi connectivity index (χ1v) is 8.08. The van der Waals surface area contributed by atoms with E-state index in [0.29, 0.717) is 6.54 Å². The lowest BCUT2D eigenvalue weighted by atomic mass is 10.2. The van der Waals surface area contributed by atoms with Crippen LogP contribution in [0.25, 0.3) is 0 Å². The van der Waals surface area contributed by atoms with E-state index in [-0.39, 0.29) is 10.9 Å². The number of nitrogens with one attached hydrogen (secondary N) is 1. The Hall–Kier alpha value is -1.66. The van der Waals surface area contributed by atoms with Gasteiger partial charge >= 0.3 is 0 Å². The highest BCUT2D eigenvalue weighted by atomic mass is 32.2. The van der Waals surface area contributed by atoms with Crippen molar-refractivity contribution in [1.82, 2.24) is 14.5 Å². The summed E-state index contributed by atoms with van der Waals surface area (Å²) in [6, 6.07) is 9.71. The minimum absolute atomic E-state index is 0.0857. The molecule has 1 aromatic heterocycles. The third-order valence-corrected chi connectivity index (χ3v) is 4.62. The fourth-order valence-electron chi connectivity index (χ4n) is 1.76. The van der Waals surface area contributed by atoms with Crippen molar-refractivity contribution in [2.45, 2.75) is 37.8 Å². The highest BCUT2D eigenvalue weighted by Gasteiger charge is 2.18. The van der Waals surface area contributed by atoms with Gasteiger partial charge in [0.25, 0.3) is 0 Å². The van der Waals surface area contributed by atoms with E-state index in [1.807, 2.05) is 44.2 Å². The first-order chi connectivity index (χ1) is 9.51. The van der Waals surface area contributed by atoms with Gasteiger partial charge in [0.15, 0.2) is 0 Å². The average Bonchev–Trinajstić information content (AvgIpc) is 2.88. The van der Waals surface area contributed by atoms with Crippen LogP contribution in [0.5, 0.6) is 0 Å². The van der Waals surface area contributed by atoms with Gasteiger partial charge in [-0.05, 0) is 18.9 Å². The fraction of sp³-hybridized carbons (Fsp3) is 0.357. The summed E-state index contributed by atoms with van der Waals surface area (Å²) < 4.78 is 28.4. The zero-order chi connectivity index (χ0) is 14.6. The Morgan fingerprint density at radius 2 is 2.00 bits per heavy atom. The number of hydrogen-bond donors (Lipinski definition) is 1. The lowest BCUT2D eigenvalue weighted by Crippen LogP contribution is -2.31. The van der Waals surface area contributed by atoms with Crippen LogP contribution in [0.1, 0.15) is 25.8 Å². The Morgan fingerprint density at radius 3 is 2.65 bits per heavy atom. The van der Waals surface area contributed by atoms with Crippen LogP contribution in [0.15, 0.2) is 47.6 Å². The van der Waals surface area contributed by atoms with E-state index in [0.717, 1.165) is 12.0 Å². The first kappa shape index (κ1) is 14.7. The van der Waals surface area contributed by atoms with Crippen LogP contribution in [0.4, 0.5) is 0 Å². The molecule has 0 aliphatic heterocycles. The topological polar surface area (TPSA) is 64.0 Å². The molecule has 1 heterocycles.